The number of nitriles is 1. The summed E-state index contributed by atoms with van der Waals surface area (Å²) in [6, 6.07) is 14.8. The fourth-order valence-corrected chi connectivity index (χ4v) is 4.43. The van der Waals surface area contributed by atoms with Crippen molar-refractivity contribution in [3.05, 3.63) is 69.0 Å². The highest BCUT2D eigenvalue weighted by atomic mass is 35.5. The number of halogens is 1. The number of fused-ring (bicyclic) bond motifs is 1. The summed E-state index contributed by atoms with van der Waals surface area (Å²) in [4.78, 5) is 17.8. The lowest BCUT2D eigenvalue weighted by Gasteiger charge is -2.16. The molecular weight excluding hydrogens is 394 g/mol. The van der Waals surface area contributed by atoms with E-state index in [9.17, 15) is 4.79 Å². The molecule has 0 aliphatic carbocycles. The minimum atomic E-state index is -0.0783. The lowest BCUT2D eigenvalue weighted by molar-refractivity contribution is 0.0937. The maximum atomic E-state index is 13.1. The second kappa shape index (κ2) is 8.36. The molecule has 1 aliphatic heterocycles. The molecule has 7 heteroatoms. The molecule has 28 heavy (non-hydrogen) atoms. The van der Waals surface area contributed by atoms with Crippen molar-refractivity contribution in [2.24, 2.45) is 0 Å². The van der Waals surface area contributed by atoms with Gasteiger partial charge >= 0.3 is 0 Å². The Bertz CT molecular complexity index is 1120. The number of aromatic nitrogens is 2. The molecule has 4 rings (SSSR count). The molecule has 0 radical (unpaired) electrons. The predicted molar refractivity (Wildman–Crippen MR) is 111 cm³/mol. The molecule has 2 heterocycles. The van der Waals surface area contributed by atoms with Gasteiger partial charge in [-0.1, -0.05) is 35.5 Å². The SMILES string of the molecule is N#Cc1cccc(CSc2nc3cc(Cl)ccc3c(=O)n2C[C@H]2CCCO2)c1. The predicted octanol–water partition coefficient (Wildman–Crippen LogP) is 4.39. The highest BCUT2D eigenvalue weighted by molar-refractivity contribution is 7.98. The summed E-state index contributed by atoms with van der Waals surface area (Å²) in [5, 5.41) is 10.8. The van der Waals surface area contributed by atoms with E-state index in [0.717, 1.165) is 25.0 Å². The smallest absolute Gasteiger partial charge is 0.262 e. The van der Waals surface area contributed by atoms with Crippen LogP contribution in [0.3, 0.4) is 0 Å². The van der Waals surface area contributed by atoms with Crippen LogP contribution >= 0.6 is 23.4 Å². The van der Waals surface area contributed by atoms with Gasteiger partial charge in [-0.15, -0.1) is 0 Å². The van der Waals surface area contributed by atoms with Crippen molar-refractivity contribution >= 4 is 34.3 Å². The molecule has 0 saturated carbocycles. The van der Waals surface area contributed by atoms with E-state index in [2.05, 4.69) is 6.07 Å². The molecule has 1 saturated heterocycles. The van der Waals surface area contributed by atoms with Crippen LogP contribution in [0.25, 0.3) is 10.9 Å². The molecule has 142 valence electrons. The summed E-state index contributed by atoms with van der Waals surface area (Å²) in [5.74, 6) is 0.611. The zero-order chi connectivity index (χ0) is 19.5. The first kappa shape index (κ1) is 19.0. The van der Waals surface area contributed by atoms with Gasteiger partial charge in [-0.2, -0.15) is 5.26 Å². The fourth-order valence-electron chi connectivity index (χ4n) is 3.32. The monoisotopic (exact) mass is 411 g/mol. The minimum absolute atomic E-state index is 0.0329. The van der Waals surface area contributed by atoms with E-state index in [0.29, 0.717) is 38.9 Å². The van der Waals surface area contributed by atoms with E-state index in [1.807, 2.05) is 18.2 Å². The Kier molecular flexibility index (Phi) is 5.67. The van der Waals surface area contributed by atoms with E-state index in [1.165, 1.54) is 11.8 Å². The molecule has 1 atom stereocenters. The number of ether oxygens (including phenoxy) is 1. The van der Waals surface area contributed by atoms with Crippen LogP contribution in [0.15, 0.2) is 52.4 Å². The largest absolute Gasteiger partial charge is 0.376 e. The van der Waals surface area contributed by atoms with Crippen molar-refractivity contribution in [2.75, 3.05) is 6.61 Å². The second-order valence-electron chi connectivity index (χ2n) is 6.71. The maximum absolute atomic E-state index is 13.1. The first-order chi connectivity index (χ1) is 13.6. The third-order valence-corrected chi connectivity index (χ3v) is 6.00. The van der Waals surface area contributed by atoms with Gasteiger partial charge in [-0.3, -0.25) is 9.36 Å². The molecule has 1 fully saturated rings. The molecule has 5 nitrogen and oxygen atoms in total. The highest BCUT2D eigenvalue weighted by Crippen LogP contribution is 2.25. The zero-order valence-electron chi connectivity index (χ0n) is 15.1. The van der Waals surface area contributed by atoms with Crippen LogP contribution in [0.4, 0.5) is 0 Å². The number of nitrogens with zero attached hydrogens (tertiary/aromatic N) is 3. The van der Waals surface area contributed by atoms with Crippen LogP contribution < -0.4 is 5.56 Å². The van der Waals surface area contributed by atoms with Crippen molar-refractivity contribution in [1.29, 1.82) is 5.26 Å². The van der Waals surface area contributed by atoms with Gasteiger partial charge in [0.1, 0.15) is 0 Å². The number of benzene rings is 2. The van der Waals surface area contributed by atoms with Crippen molar-refractivity contribution in [1.82, 2.24) is 9.55 Å². The summed E-state index contributed by atoms with van der Waals surface area (Å²) in [6.07, 6.45) is 1.99. The Labute approximate surface area is 171 Å². The van der Waals surface area contributed by atoms with Gasteiger partial charge in [0.25, 0.3) is 5.56 Å². The third-order valence-electron chi connectivity index (χ3n) is 4.72. The zero-order valence-corrected chi connectivity index (χ0v) is 16.7. The third kappa shape index (κ3) is 4.07. The molecule has 3 aromatic rings. The van der Waals surface area contributed by atoms with Crippen LogP contribution in [-0.2, 0) is 17.0 Å². The van der Waals surface area contributed by atoms with Gasteiger partial charge in [0.05, 0.1) is 35.2 Å². The molecule has 0 unspecified atom stereocenters. The molecule has 1 aliphatic rings. The van der Waals surface area contributed by atoms with E-state index >= 15 is 0 Å². The van der Waals surface area contributed by atoms with Crippen LogP contribution in [0, 0.1) is 11.3 Å². The second-order valence-corrected chi connectivity index (χ2v) is 8.09. The van der Waals surface area contributed by atoms with Crippen LogP contribution in [0.2, 0.25) is 5.02 Å². The molecule has 0 bridgehead atoms. The summed E-state index contributed by atoms with van der Waals surface area (Å²) in [7, 11) is 0. The van der Waals surface area contributed by atoms with Crippen LogP contribution in [0.5, 0.6) is 0 Å². The Morgan fingerprint density at radius 2 is 2.21 bits per heavy atom. The number of rotatable bonds is 5. The molecule has 0 amide bonds. The van der Waals surface area contributed by atoms with Crippen molar-refractivity contribution in [3.63, 3.8) is 0 Å². The standard InChI is InChI=1S/C21H18ClN3O2S/c22-16-6-7-18-19(10-16)24-21(25(20(18)26)12-17-5-2-8-27-17)28-13-15-4-1-3-14(9-15)11-23/h1,3-4,6-7,9-10,17H,2,5,8,12-13H2/t17-/m1/s1. The van der Waals surface area contributed by atoms with Crippen molar-refractivity contribution in [3.8, 4) is 6.07 Å². The Morgan fingerprint density at radius 3 is 3.00 bits per heavy atom. The first-order valence-corrected chi connectivity index (χ1v) is 10.4. The number of hydrogen-bond donors (Lipinski definition) is 0. The first-order valence-electron chi connectivity index (χ1n) is 9.07. The summed E-state index contributed by atoms with van der Waals surface area (Å²) in [6.45, 7) is 1.23. The van der Waals surface area contributed by atoms with Crippen LogP contribution in [0.1, 0.15) is 24.0 Å². The Hall–Kier alpha value is -2.33. The van der Waals surface area contributed by atoms with Gasteiger partial charge in [-0.25, -0.2) is 4.98 Å². The van der Waals surface area contributed by atoms with E-state index in [4.69, 9.17) is 26.6 Å². The van der Waals surface area contributed by atoms with E-state index < -0.39 is 0 Å². The maximum Gasteiger partial charge on any atom is 0.262 e. The number of hydrogen-bond acceptors (Lipinski definition) is 5. The lowest BCUT2D eigenvalue weighted by Crippen LogP contribution is -2.28. The molecule has 2 aromatic carbocycles. The molecule has 0 N–H and O–H groups in total. The summed E-state index contributed by atoms with van der Waals surface area (Å²) < 4.78 is 7.45. The van der Waals surface area contributed by atoms with Gasteiger partial charge < -0.3 is 4.74 Å². The highest BCUT2D eigenvalue weighted by Gasteiger charge is 2.20. The average molecular weight is 412 g/mol. The van der Waals surface area contributed by atoms with Crippen LogP contribution in [-0.4, -0.2) is 22.3 Å². The number of thioether (sulfide) groups is 1. The topological polar surface area (TPSA) is 67.9 Å². The normalized spacial score (nSPS) is 16.4. The quantitative estimate of drug-likeness (QED) is 0.460. The fraction of sp³-hybridized carbons (Fsp3) is 0.286. The van der Waals surface area contributed by atoms with E-state index in [1.54, 1.807) is 28.8 Å². The van der Waals surface area contributed by atoms with Crippen molar-refractivity contribution < 1.29 is 4.74 Å². The average Bonchev–Trinajstić information content (AvgIpc) is 3.22. The lowest BCUT2D eigenvalue weighted by atomic mass is 10.2. The van der Waals surface area contributed by atoms with Gasteiger partial charge in [0.15, 0.2) is 5.16 Å². The summed E-state index contributed by atoms with van der Waals surface area (Å²) >= 11 is 7.58. The molecule has 1 aromatic heterocycles. The van der Waals surface area contributed by atoms with Crippen molar-refractivity contribution in [2.45, 2.75) is 36.4 Å². The summed E-state index contributed by atoms with van der Waals surface area (Å²) in [5.41, 5.74) is 2.14. The Balaban J connectivity index is 1.71. The Morgan fingerprint density at radius 1 is 1.32 bits per heavy atom. The van der Waals surface area contributed by atoms with Gasteiger partial charge in [-0.05, 0) is 48.7 Å². The molecular formula is C21H18ClN3O2S. The van der Waals surface area contributed by atoms with E-state index in [-0.39, 0.29) is 11.7 Å². The molecule has 0 spiro atoms. The van der Waals surface area contributed by atoms with Gasteiger partial charge in [0.2, 0.25) is 0 Å². The minimum Gasteiger partial charge on any atom is -0.376 e. The van der Waals surface area contributed by atoms with Gasteiger partial charge in [0, 0.05) is 17.4 Å².